The zero-order valence-electron chi connectivity index (χ0n) is 57.6. The molecule has 0 amide bonds. The number of esters is 2. The standard InChI is InChI=1S/C78H136NO8P/c1-6-8-10-12-14-16-18-20-22-24-26-28-30-32-34-36-37-38-39-40-41-43-45-47-49-51-53-55-57-59-61-63-65-67-69-71-78(81)87-76(75-86-88(82,83)85-73-72-79(3,4)5)74-84-77(80)70-68-66-64-62-60-58-56-54-52-50-48-46-44-42-35-33-31-29-27-25-23-21-19-17-15-13-11-9-7-2/h8,10,14,16,19-22,25-28,31-34,37-38,40-41,76H,6-7,9,11-13,15,17-18,23-24,29-30,35-36,39,42-75H2,1-5H3/b10-8-,16-14-,21-19-,22-20-,27-25-,28-26-,33-31-,34-32-,38-37-,41-40-. The lowest BCUT2D eigenvalue weighted by molar-refractivity contribution is -0.870. The van der Waals surface area contributed by atoms with Gasteiger partial charge in [-0.05, 0) is 109 Å². The molecule has 0 aromatic rings. The van der Waals surface area contributed by atoms with Crippen LogP contribution >= 0.6 is 7.82 Å². The fourth-order valence-electron chi connectivity index (χ4n) is 9.94. The largest absolute Gasteiger partial charge is 0.756 e. The Bertz CT molecular complexity index is 1900. The molecule has 0 spiro atoms. The monoisotopic (exact) mass is 1250 g/mol. The average molecular weight is 1250 g/mol. The number of hydrogen-bond acceptors (Lipinski definition) is 8. The molecule has 2 atom stereocenters. The number of quaternary nitrogens is 1. The molecule has 0 saturated heterocycles. The van der Waals surface area contributed by atoms with Crippen LogP contribution < -0.4 is 4.89 Å². The van der Waals surface area contributed by atoms with Crippen molar-refractivity contribution in [2.45, 2.75) is 315 Å². The first kappa shape index (κ1) is 84.4. The van der Waals surface area contributed by atoms with E-state index in [0.717, 1.165) is 96.3 Å². The van der Waals surface area contributed by atoms with E-state index in [1.54, 1.807) is 0 Å². The molecule has 0 aliphatic heterocycles. The molecule has 0 bridgehead atoms. The van der Waals surface area contributed by atoms with Gasteiger partial charge in [0.15, 0.2) is 6.10 Å². The van der Waals surface area contributed by atoms with Crippen molar-refractivity contribution in [3.05, 3.63) is 122 Å². The first-order valence-corrected chi connectivity index (χ1v) is 37.7. The van der Waals surface area contributed by atoms with E-state index >= 15 is 0 Å². The summed E-state index contributed by atoms with van der Waals surface area (Å²) in [6, 6.07) is 0. The smallest absolute Gasteiger partial charge is 0.306 e. The number of phosphoric acid groups is 1. The van der Waals surface area contributed by atoms with E-state index in [1.807, 2.05) is 21.1 Å². The molecule has 88 heavy (non-hydrogen) atoms. The van der Waals surface area contributed by atoms with Crippen molar-refractivity contribution in [3.63, 3.8) is 0 Å². The van der Waals surface area contributed by atoms with Gasteiger partial charge in [0, 0.05) is 12.8 Å². The summed E-state index contributed by atoms with van der Waals surface area (Å²) in [6.45, 7) is 4.13. The lowest BCUT2D eigenvalue weighted by Crippen LogP contribution is -2.37. The third-order valence-corrected chi connectivity index (χ3v) is 16.4. The van der Waals surface area contributed by atoms with Crippen molar-refractivity contribution in [1.82, 2.24) is 0 Å². The molecule has 0 aromatic heterocycles. The van der Waals surface area contributed by atoms with Crippen molar-refractivity contribution >= 4 is 19.8 Å². The molecule has 0 aliphatic rings. The summed E-state index contributed by atoms with van der Waals surface area (Å²) in [5.41, 5.74) is 0. The van der Waals surface area contributed by atoms with Crippen molar-refractivity contribution < 1.29 is 42.1 Å². The third kappa shape index (κ3) is 71.5. The Morgan fingerprint density at radius 2 is 0.648 bits per heavy atom. The summed E-state index contributed by atoms with van der Waals surface area (Å²) < 4.78 is 34.3. The predicted molar refractivity (Wildman–Crippen MR) is 378 cm³/mol. The van der Waals surface area contributed by atoms with E-state index in [4.69, 9.17) is 18.5 Å². The summed E-state index contributed by atoms with van der Waals surface area (Å²) in [4.78, 5) is 38.1. The van der Waals surface area contributed by atoms with Crippen LogP contribution in [0.15, 0.2) is 122 Å². The van der Waals surface area contributed by atoms with Crippen molar-refractivity contribution in [1.29, 1.82) is 0 Å². The number of ether oxygens (including phenoxy) is 2. The lowest BCUT2D eigenvalue weighted by Gasteiger charge is -2.28. The first-order chi connectivity index (χ1) is 43.0. The summed E-state index contributed by atoms with van der Waals surface area (Å²) in [6.07, 6.45) is 97.0. The van der Waals surface area contributed by atoms with Crippen LogP contribution in [-0.4, -0.2) is 70.0 Å². The predicted octanol–water partition coefficient (Wildman–Crippen LogP) is 23.2. The number of carbonyl (C=O) groups is 2. The molecule has 0 fully saturated rings. The number of rotatable bonds is 66. The van der Waals surface area contributed by atoms with Gasteiger partial charge in [-0.15, -0.1) is 0 Å². The Balaban J connectivity index is 4.06. The molecular weight excluding hydrogens is 1110 g/mol. The average Bonchev–Trinajstić information content (AvgIpc) is 3.57. The minimum Gasteiger partial charge on any atom is -0.756 e. The van der Waals surface area contributed by atoms with Crippen molar-refractivity contribution in [2.24, 2.45) is 0 Å². The van der Waals surface area contributed by atoms with Crippen LogP contribution in [0.1, 0.15) is 309 Å². The van der Waals surface area contributed by atoms with Crippen molar-refractivity contribution in [3.8, 4) is 0 Å². The minimum atomic E-state index is -4.65. The first-order valence-electron chi connectivity index (χ1n) is 36.2. The molecule has 10 heteroatoms. The molecule has 0 radical (unpaired) electrons. The van der Waals surface area contributed by atoms with E-state index in [-0.39, 0.29) is 32.0 Å². The van der Waals surface area contributed by atoms with Crippen LogP contribution in [0, 0.1) is 0 Å². The highest BCUT2D eigenvalue weighted by Gasteiger charge is 2.22. The molecule has 0 heterocycles. The quantitative estimate of drug-likeness (QED) is 0.0195. The number of unbranched alkanes of at least 4 members (excludes halogenated alkanes) is 32. The fourth-order valence-corrected chi connectivity index (χ4v) is 10.7. The topological polar surface area (TPSA) is 111 Å². The Hall–Kier alpha value is -3.59. The Morgan fingerprint density at radius 1 is 0.364 bits per heavy atom. The zero-order chi connectivity index (χ0) is 64.1. The molecular formula is C78H136NO8P. The number of hydrogen-bond donors (Lipinski definition) is 0. The lowest BCUT2D eigenvalue weighted by atomic mass is 10.0. The van der Waals surface area contributed by atoms with Gasteiger partial charge >= 0.3 is 11.9 Å². The molecule has 0 aromatic carbocycles. The highest BCUT2D eigenvalue weighted by molar-refractivity contribution is 7.45. The van der Waals surface area contributed by atoms with Crippen LogP contribution in [0.4, 0.5) is 0 Å². The molecule has 0 rings (SSSR count). The number of phosphoric ester groups is 1. The van der Waals surface area contributed by atoms with Crippen LogP contribution in [0.3, 0.4) is 0 Å². The Morgan fingerprint density at radius 3 is 0.966 bits per heavy atom. The summed E-state index contributed by atoms with van der Waals surface area (Å²) in [7, 11) is 1.16. The molecule has 9 nitrogen and oxygen atoms in total. The molecule has 2 unspecified atom stereocenters. The number of allylic oxidation sites excluding steroid dienone is 20. The van der Waals surface area contributed by atoms with Gasteiger partial charge in [-0.25, -0.2) is 0 Å². The maximum absolute atomic E-state index is 12.9. The van der Waals surface area contributed by atoms with Gasteiger partial charge in [0.1, 0.15) is 19.8 Å². The molecule has 506 valence electrons. The maximum atomic E-state index is 12.9. The third-order valence-electron chi connectivity index (χ3n) is 15.5. The highest BCUT2D eigenvalue weighted by atomic mass is 31.2. The van der Waals surface area contributed by atoms with E-state index in [1.165, 1.54) is 180 Å². The summed E-state index contributed by atoms with van der Waals surface area (Å²) >= 11 is 0. The van der Waals surface area contributed by atoms with E-state index < -0.39 is 26.5 Å². The fraction of sp³-hybridized carbons (Fsp3) is 0.718. The number of carbonyl (C=O) groups excluding carboxylic acids is 2. The summed E-state index contributed by atoms with van der Waals surface area (Å²) in [5, 5.41) is 0. The van der Waals surface area contributed by atoms with Gasteiger partial charge in [0.25, 0.3) is 7.82 Å². The highest BCUT2D eigenvalue weighted by Crippen LogP contribution is 2.38. The molecule has 0 aliphatic carbocycles. The zero-order valence-corrected chi connectivity index (χ0v) is 58.5. The van der Waals surface area contributed by atoms with Crippen LogP contribution in [0.25, 0.3) is 0 Å². The second-order valence-corrected chi connectivity index (χ2v) is 26.6. The van der Waals surface area contributed by atoms with E-state index in [0.29, 0.717) is 17.4 Å². The molecule has 0 saturated carbocycles. The molecule has 0 N–H and O–H groups in total. The van der Waals surface area contributed by atoms with Gasteiger partial charge in [-0.1, -0.05) is 309 Å². The van der Waals surface area contributed by atoms with E-state index in [9.17, 15) is 19.0 Å². The second-order valence-electron chi connectivity index (χ2n) is 25.2. The Labute approximate surface area is 543 Å². The normalized spacial score (nSPS) is 13.8. The summed E-state index contributed by atoms with van der Waals surface area (Å²) in [5.74, 6) is -0.831. The van der Waals surface area contributed by atoms with Gasteiger partial charge in [0.05, 0.1) is 27.7 Å². The van der Waals surface area contributed by atoms with E-state index in [2.05, 4.69) is 135 Å². The van der Waals surface area contributed by atoms with Crippen LogP contribution in [0.5, 0.6) is 0 Å². The van der Waals surface area contributed by atoms with Crippen LogP contribution in [-0.2, 0) is 32.7 Å². The maximum Gasteiger partial charge on any atom is 0.306 e. The van der Waals surface area contributed by atoms with Crippen LogP contribution in [0.2, 0.25) is 0 Å². The number of nitrogens with zero attached hydrogens (tertiary/aromatic N) is 1. The van der Waals surface area contributed by atoms with Gasteiger partial charge < -0.3 is 27.9 Å². The van der Waals surface area contributed by atoms with Gasteiger partial charge in [-0.2, -0.15) is 0 Å². The minimum absolute atomic E-state index is 0.0351. The number of likely N-dealkylation sites (N-methyl/N-ethyl adjacent to an activating group) is 1. The van der Waals surface area contributed by atoms with Gasteiger partial charge in [-0.3, -0.25) is 14.2 Å². The van der Waals surface area contributed by atoms with Crippen molar-refractivity contribution in [2.75, 3.05) is 47.5 Å². The van der Waals surface area contributed by atoms with Gasteiger partial charge in [0.2, 0.25) is 0 Å². The Kier molecular flexibility index (Phi) is 65.0. The second kappa shape index (κ2) is 67.8. The SMILES string of the molecule is CC/C=C\C/C=C\C/C=C\C/C=C\C/C=C\C/C=C\C/C=C\CCCCCCCCCCCCCCCC(=O)OC(COC(=O)CCCCCCCCCCCCCCCC/C=C\C/C=C\C/C=C\CCCCCCC)COP(=O)([O-])OCC[N+](C)(C)C.